The lowest BCUT2D eigenvalue weighted by molar-refractivity contribution is 0.134. The van der Waals surface area contributed by atoms with Crippen molar-refractivity contribution in [3.05, 3.63) is 54.0 Å². The number of benzene rings is 1. The second-order valence-electron chi connectivity index (χ2n) is 6.06. The Labute approximate surface area is 132 Å². The first-order chi connectivity index (χ1) is 10.8. The van der Waals surface area contributed by atoms with E-state index in [1.165, 1.54) is 24.0 Å². The monoisotopic (exact) mass is 297 g/mol. The third kappa shape index (κ3) is 4.28. The van der Waals surface area contributed by atoms with E-state index in [0.717, 1.165) is 26.2 Å². The Bertz CT molecular complexity index is 580. The van der Waals surface area contributed by atoms with Gasteiger partial charge in [-0.2, -0.15) is 0 Å². The van der Waals surface area contributed by atoms with E-state index in [1.807, 2.05) is 0 Å². The molecule has 1 aromatic carbocycles. The molecule has 0 radical (unpaired) electrons. The number of likely N-dealkylation sites (tertiary alicyclic amines) is 1. The van der Waals surface area contributed by atoms with Crippen LogP contribution in [0.5, 0.6) is 5.88 Å². The van der Waals surface area contributed by atoms with Crippen LogP contribution in [0.2, 0.25) is 0 Å². The van der Waals surface area contributed by atoms with Crippen molar-refractivity contribution >= 4 is 0 Å². The highest BCUT2D eigenvalue weighted by molar-refractivity contribution is 5.22. The summed E-state index contributed by atoms with van der Waals surface area (Å²) in [6, 6.07) is 8.80. The van der Waals surface area contributed by atoms with E-state index in [0.29, 0.717) is 11.8 Å². The van der Waals surface area contributed by atoms with Gasteiger partial charge in [0.05, 0.1) is 12.8 Å². The maximum atomic E-state index is 5.72. The molecule has 1 aliphatic heterocycles. The highest BCUT2D eigenvalue weighted by Gasteiger charge is 2.20. The third-order valence-corrected chi connectivity index (χ3v) is 4.20. The smallest absolute Gasteiger partial charge is 0.232 e. The summed E-state index contributed by atoms with van der Waals surface area (Å²) >= 11 is 0. The molecule has 0 saturated carbocycles. The maximum Gasteiger partial charge on any atom is 0.232 e. The van der Waals surface area contributed by atoms with Crippen LogP contribution in [0, 0.1) is 12.8 Å². The lowest BCUT2D eigenvalue weighted by Crippen LogP contribution is -2.35. The first-order valence-corrected chi connectivity index (χ1v) is 7.96. The van der Waals surface area contributed by atoms with E-state index in [2.05, 4.69) is 46.1 Å². The van der Waals surface area contributed by atoms with Gasteiger partial charge in [0.1, 0.15) is 0 Å². The van der Waals surface area contributed by atoms with Gasteiger partial charge in [0, 0.05) is 18.9 Å². The fourth-order valence-electron chi connectivity index (χ4n) is 2.94. The molecule has 1 fully saturated rings. The number of aromatic nitrogens is 2. The number of hydrogen-bond donors (Lipinski definition) is 0. The molecule has 3 rings (SSSR count). The van der Waals surface area contributed by atoms with Gasteiger partial charge >= 0.3 is 0 Å². The van der Waals surface area contributed by atoms with E-state index in [4.69, 9.17) is 4.74 Å². The molecule has 0 spiro atoms. The predicted octanol–water partition coefficient (Wildman–Crippen LogP) is 3.08. The Hall–Kier alpha value is -1.94. The molecular formula is C18H23N3O. The molecular weight excluding hydrogens is 274 g/mol. The molecule has 4 nitrogen and oxygen atoms in total. The van der Waals surface area contributed by atoms with Gasteiger partial charge in [-0.05, 0) is 44.3 Å². The van der Waals surface area contributed by atoms with Crippen LogP contribution >= 0.6 is 0 Å². The molecule has 0 N–H and O–H groups in total. The van der Waals surface area contributed by atoms with Gasteiger partial charge in [-0.25, -0.2) is 4.98 Å². The minimum absolute atomic E-state index is 0.621. The van der Waals surface area contributed by atoms with Crippen LogP contribution in [0.15, 0.2) is 42.9 Å². The zero-order valence-corrected chi connectivity index (χ0v) is 13.1. The standard InChI is InChI=1S/C18H23N3O/c1-15-3-2-4-17(11-15)13-21-9-5-16(6-10-21)14-22-18-12-19-7-8-20-18/h2-4,7-8,11-12,16H,5-6,9-10,13-14H2,1H3. The molecule has 1 aliphatic rings. The van der Waals surface area contributed by atoms with Crippen LogP contribution in [0.3, 0.4) is 0 Å². The molecule has 2 heterocycles. The number of aryl methyl sites for hydroxylation is 1. The molecule has 0 unspecified atom stereocenters. The molecule has 1 aromatic heterocycles. The summed E-state index contributed by atoms with van der Waals surface area (Å²) in [5.41, 5.74) is 2.75. The Morgan fingerprint density at radius 2 is 2.09 bits per heavy atom. The summed E-state index contributed by atoms with van der Waals surface area (Å²) < 4.78 is 5.72. The van der Waals surface area contributed by atoms with Gasteiger partial charge in [-0.1, -0.05) is 29.8 Å². The Morgan fingerprint density at radius 3 is 2.82 bits per heavy atom. The molecule has 4 heteroatoms. The fraction of sp³-hybridized carbons (Fsp3) is 0.444. The summed E-state index contributed by atoms with van der Waals surface area (Å²) in [7, 11) is 0. The van der Waals surface area contributed by atoms with Crippen LogP contribution in [-0.4, -0.2) is 34.6 Å². The van der Waals surface area contributed by atoms with E-state index in [1.54, 1.807) is 18.6 Å². The van der Waals surface area contributed by atoms with Crippen molar-refractivity contribution in [3.8, 4) is 5.88 Å². The molecule has 116 valence electrons. The van der Waals surface area contributed by atoms with E-state index in [-0.39, 0.29) is 0 Å². The predicted molar refractivity (Wildman–Crippen MR) is 86.7 cm³/mol. The van der Waals surface area contributed by atoms with Crippen molar-refractivity contribution in [2.24, 2.45) is 5.92 Å². The highest BCUT2D eigenvalue weighted by atomic mass is 16.5. The minimum Gasteiger partial charge on any atom is -0.476 e. The van der Waals surface area contributed by atoms with Gasteiger partial charge < -0.3 is 4.74 Å². The second kappa shape index (κ2) is 7.36. The normalized spacial score (nSPS) is 16.6. The molecule has 22 heavy (non-hydrogen) atoms. The SMILES string of the molecule is Cc1cccc(CN2CCC(COc3cnccn3)CC2)c1. The highest BCUT2D eigenvalue weighted by Crippen LogP contribution is 2.20. The van der Waals surface area contributed by atoms with Gasteiger partial charge in [-0.15, -0.1) is 0 Å². The van der Waals surface area contributed by atoms with Crippen molar-refractivity contribution < 1.29 is 4.74 Å². The van der Waals surface area contributed by atoms with Crippen molar-refractivity contribution in [2.75, 3.05) is 19.7 Å². The van der Waals surface area contributed by atoms with Crippen LogP contribution < -0.4 is 4.74 Å². The first kappa shape index (κ1) is 15.0. The molecule has 0 atom stereocenters. The number of hydrogen-bond acceptors (Lipinski definition) is 4. The summed E-state index contributed by atoms with van der Waals surface area (Å²) in [4.78, 5) is 10.7. The van der Waals surface area contributed by atoms with Crippen molar-refractivity contribution in [2.45, 2.75) is 26.3 Å². The average molecular weight is 297 g/mol. The first-order valence-electron chi connectivity index (χ1n) is 7.96. The average Bonchev–Trinajstić information content (AvgIpc) is 2.55. The van der Waals surface area contributed by atoms with Crippen LogP contribution in [0.25, 0.3) is 0 Å². The van der Waals surface area contributed by atoms with E-state index in [9.17, 15) is 0 Å². The zero-order chi connectivity index (χ0) is 15.2. The van der Waals surface area contributed by atoms with Crippen molar-refractivity contribution in [1.82, 2.24) is 14.9 Å². The second-order valence-corrected chi connectivity index (χ2v) is 6.06. The Balaban J connectivity index is 1.42. The van der Waals surface area contributed by atoms with E-state index < -0.39 is 0 Å². The third-order valence-electron chi connectivity index (χ3n) is 4.20. The number of piperidine rings is 1. The van der Waals surface area contributed by atoms with Crippen molar-refractivity contribution in [3.63, 3.8) is 0 Å². The van der Waals surface area contributed by atoms with Crippen molar-refractivity contribution in [1.29, 1.82) is 0 Å². The zero-order valence-electron chi connectivity index (χ0n) is 13.1. The van der Waals surface area contributed by atoms with Gasteiger partial charge in [0.25, 0.3) is 0 Å². The van der Waals surface area contributed by atoms with Gasteiger partial charge in [-0.3, -0.25) is 9.88 Å². The van der Waals surface area contributed by atoms with E-state index >= 15 is 0 Å². The quantitative estimate of drug-likeness (QED) is 0.850. The minimum atomic E-state index is 0.621. The number of rotatable bonds is 5. The lowest BCUT2D eigenvalue weighted by atomic mass is 9.97. The molecule has 1 saturated heterocycles. The largest absolute Gasteiger partial charge is 0.476 e. The summed E-state index contributed by atoms with van der Waals surface area (Å²) in [6.07, 6.45) is 7.38. The molecule has 0 aliphatic carbocycles. The summed E-state index contributed by atoms with van der Waals surface area (Å²) in [5, 5.41) is 0. The molecule has 0 amide bonds. The molecule has 0 bridgehead atoms. The summed E-state index contributed by atoms with van der Waals surface area (Å²) in [6.45, 7) is 6.24. The topological polar surface area (TPSA) is 38.2 Å². The number of ether oxygens (including phenoxy) is 1. The fourth-order valence-corrected chi connectivity index (χ4v) is 2.94. The van der Waals surface area contributed by atoms with Crippen LogP contribution in [0.4, 0.5) is 0 Å². The Kier molecular flexibility index (Phi) is 5.01. The van der Waals surface area contributed by atoms with Gasteiger partial charge in [0.15, 0.2) is 0 Å². The summed E-state index contributed by atoms with van der Waals surface area (Å²) in [5.74, 6) is 1.25. The number of nitrogens with zero attached hydrogens (tertiary/aromatic N) is 3. The lowest BCUT2D eigenvalue weighted by Gasteiger charge is -2.31. The van der Waals surface area contributed by atoms with Crippen LogP contribution in [-0.2, 0) is 6.54 Å². The maximum absolute atomic E-state index is 5.72. The molecule has 2 aromatic rings. The van der Waals surface area contributed by atoms with Crippen LogP contribution in [0.1, 0.15) is 24.0 Å². The Morgan fingerprint density at radius 1 is 1.23 bits per heavy atom. The van der Waals surface area contributed by atoms with Gasteiger partial charge in [0.2, 0.25) is 5.88 Å².